The first-order valence-electron chi connectivity index (χ1n) is 9.60. The van der Waals surface area contributed by atoms with E-state index in [1.807, 2.05) is 12.1 Å². The summed E-state index contributed by atoms with van der Waals surface area (Å²) >= 11 is 0. The van der Waals surface area contributed by atoms with Crippen LogP contribution < -0.4 is 0 Å². The van der Waals surface area contributed by atoms with Gasteiger partial charge < -0.3 is 0 Å². The van der Waals surface area contributed by atoms with Crippen LogP contribution in [0.25, 0.3) is 33.1 Å². The highest BCUT2D eigenvalue weighted by atomic mass is 19.4. The Labute approximate surface area is 164 Å². The summed E-state index contributed by atoms with van der Waals surface area (Å²) in [6, 6.07) is 5.45. The highest BCUT2D eigenvalue weighted by Crippen LogP contribution is 2.37. The van der Waals surface area contributed by atoms with Gasteiger partial charge in [0.05, 0.1) is 28.5 Å². The van der Waals surface area contributed by atoms with Crippen LogP contribution in [0.3, 0.4) is 0 Å². The van der Waals surface area contributed by atoms with Gasteiger partial charge in [-0.3, -0.25) is 15.1 Å². The highest BCUT2D eigenvalue weighted by Gasteiger charge is 2.37. The molecule has 150 valence electrons. The lowest BCUT2D eigenvalue weighted by atomic mass is 10.0. The van der Waals surface area contributed by atoms with Gasteiger partial charge in [0.2, 0.25) is 0 Å². The molecule has 1 saturated heterocycles. The summed E-state index contributed by atoms with van der Waals surface area (Å²) < 4.78 is 40.2. The summed E-state index contributed by atoms with van der Waals surface area (Å²) in [5.41, 5.74) is 1.77. The number of rotatable bonds is 3. The van der Waals surface area contributed by atoms with Gasteiger partial charge in [0.15, 0.2) is 5.69 Å². The number of H-pyrrole nitrogens is 2. The first-order valence-corrected chi connectivity index (χ1v) is 9.60. The van der Waals surface area contributed by atoms with Crippen molar-refractivity contribution in [2.75, 3.05) is 13.1 Å². The van der Waals surface area contributed by atoms with Crippen molar-refractivity contribution in [2.24, 2.45) is 0 Å². The quantitative estimate of drug-likeness (QED) is 0.531. The Bertz CT molecular complexity index is 1170. The Morgan fingerprint density at radius 2 is 1.93 bits per heavy atom. The predicted octanol–water partition coefficient (Wildman–Crippen LogP) is 4.51. The van der Waals surface area contributed by atoms with Crippen LogP contribution in [0.5, 0.6) is 0 Å². The van der Waals surface area contributed by atoms with Gasteiger partial charge >= 0.3 is 6.18 Å². The molecular weight excluding hydrogens is 381 g/mol. The first-order chi connectivity index (χ1) is 14.0. The lowest BCUT2D eigenvalue weighted by Crippen LogP contribution is -2.29. The van der Waals surface area contributed by atoms with Crippen molar-refractivity contribution in [3.63, 3.8) is 0 Å². The summed E-state index contributed by atoms with van der Waals surface area (Å²) in [5, 5.41) is 14.7. The second-order valence-electron chi connectivity index (χ2n) is 7.44. The van der Waals surface area contributed by atoms with Crippen molar-refractivity contribution in [3.05, 3.63) is 41.9 Å². The van der Waals surface area contributed by atoms with E-state index in [0.717, 1.165) is 47.8 Å². The number of hydrogen-bond donors (Lipinski definition) is 2. The fourth-order valence-electron chi connectivity index (χ4n) is 4.16. The second-order valence-corrected chi connectivity index (χ2v) is 7.44. The highest BCUT2D eigenvalue weighted by molar-refractivity contribution is 6.07. The van der Waals surface area contributed by atoms with Crippen LogP contribution in [0.1, 0.15) is 30.5 Å². The lowest BCUT2D eigenvalue weighted by molar-refractivity contribution is -0.140. The molecule has 2 N–H and O–H groups in total. The van der Waals surface area contributed by atoms with Gasteiger partial charge in [0, 0.05) is 23.5 Å². The summed E-state index contributed by atoms with van der Waals surface area (Å²) in [6.45, 7) is 2.63. The maximum absolute atomic E-state index is 13.4. The van der Waals surface area contributed by atoms with Crippen LogP contribution in [-0.4, -0.2) is 43.4 Å². The third kappa shape index (κ3) is 3.25. The molecule has 1 fully saturated rings. The van der Waals surface area contributed by atoms with E-state index in [1.54, 1.807) is 12.3 Å². The van der Waals surface area contributed by atoms with Gasteiger partial charge in [-0.2, -0.15) is 23.4 Å². The molecule has 3 aromatic heterocycles. The maximum atomic E-state index is 13.4. The van der Waals surface area contributed by atoms with Crippen LogP contribution in [-0.2, 0) is 12.7 Å². The number of fused-ring (bicyclic) bond motifs is 3. The summed E-state index contributed by atoms with van der Waals surface area (Å²) in [4.78, 5) is 6.90. The van der Waals surface area contributed by atoms with E-state index >= 15 is 0 Å². The number of benzene rings is 1. The largest absolute Gasteiger partial charge is 0.435 e. The van der Waals surface area contributed by atoms with Crippen molar-refractivity contribution in [3.8, 4) is 11.3 Å². The Morgan fingerprint density at radius 3 is 2.72 bits per heavy atom. The Hall–Kier alpha value is -2.94. The molecule has 1 aliphatic heterocycles. The van der Waals surface area contributed by atoms with Crippen molar-refractivity contribution in [1.29, 1.82) is 0 Å². The second kappa shape index (κ2) is 6.84. The standard InChI is InChI=1S/C20H19F3N6/c21-20(22,23)19-14(10-25-28-19)17-8-12(11-29-6-2-1-3-7-29)18-13-9-24-27-15(13)4-5-16(18)26-17/h4-5,8-10H,1-3,6-7,11H2,(H,24,27)(H,25,28). The van der Waals surface area contributed by atoms with Crippen molar-refractivity contribution in [2.45, 2.75) is 32.0 Å². The molecule has 5 rings (SSSR count). The number of likely N-dealkylation sites (tertiary alicyclic amines) is 1. The fraction of sp³-hybridized carbons (Fsp3) is 0.350. The van der Waals surface area contributed by atoms with Gasteiger partial charge in [-0.05, 0) is 49.7 Å². The number of pyridine rings is 1. The zero-order valence-corrected chi connectivity index (χ0v) is 15.6. The summed E-state index contributed by atoms with van der Waals surface area (Å²) in [6.07, 6.45) is 1.95. The van der Waals surface area contributed by atoms with E-state index in [4.69, 9.17) is 0 Å². The summed E-state index contributed by atoms with van der Waals surface area (Å²) in [7, 11) is 0. The van der Waals surface area contributed by atoms with Crippen molar-refractivity contribution < 1.29 is 13.2 Å². The van der Waals surface area contributed by atoms with Crippen LogP contribution in [0.2, 0.25) is 0 Å². The summed E-state index contributed by atoms with van der Waals surface area (Å²) in [5.74, 6) is 0. The molecule has 0 bridgehead atoms. The van der Waals surface area contributed by atoms with E-state index in [9.17, 15) is 13.2 Å². The molecule has 0 radical (unpaired) electrons. The molecule has 1 aliphatic rings. The molecule has 0 amide bonds. The number of hydrogen-bond acceptors (Lipinski definition) is 4. The molecule has 0 spiro atoms. The number of aromatic amines is 2. The van der Waals surface area contributed by atoms with E-state index in [1.165, 1.54) is 12.6 Å². The SMILES string of the molecule is FC(F)(F)c1n[nH]cc1-c1cc(CN2CCCCC2)c2c(ccc3[nH]ncc32)n1. The van der Waals surface area contributed by atoms with E-state index < -0.39 is 11.9 Å². The predicted molar refractivity (Wildman–Crippen MR) is 103 cm³/mol. The van der Waals surface area contributed by atoms with Crippen molar-refractivity contribution in [1.82, 2.24) is 30.3 Å². The van der Waals surface area contributed by atoms with Gasteiger partial charge in [-0.1, -0.05) is 6.42 Å². The van der Waals surface area contributed by atoms with Crippen LogP contribution in [0, 0.1) is 0 Å². The van der Waals surface area contributed by atoms with Crippen molar-refractivity contribution >= 4 is 21.8 Å². The van der Waals surface area contributed by atoms with Gasteiger partial charge in [-0.25, -0.2) is 4.98 Å². The minimum atomic E-state index is -4.55. The number of aromatic nitrogens is 5. The fourth-order valence-corrected chi connectivity index (χ4v) is 4.16. The molecular formula is C20H19F3N6. The molecule has 4 aromatic rings. The average molecular weight is 400 g/mol. The third-order valence-corrected chi connectivity index (χ3v) is 5.50. The van der Waals surface area contributed by atoms with Gasteiger partial charge in [-0.15, -0.1) is 0 Å². The third-order valence-electron chi connectivity index (χ3n) is 5.50. The smallest absolute Gasteiger partial charge is 0.299 e. The van der Waals surface area contributed by atoms with Crippen LogP contribution >= 0.6 is 0 Å². The lowest BCUT2D eigenvalue weighted by Gasteiger charge is -2.27. The number of piperidine rings is 1. The number of nitrogens with one attached hydrogen (secondary N) is 2. The Morgan fingerprint density at radius 1 is 1.10 bits per heavy atom. The van der Waals surface area contributed by atoms with Crippen LogP contribution in [0.4, 0.5) is 13.2 Å². The van der Waals surface area contributed by atoms with E-state index in [0.29, 0.717) is 12.1 Å². The van der Waals surface area contributed by atoms with E-state index in [2.05, 4.69) is 30.3 Å². The minimum Gasteiger partial charge on any atom is -0.299 e. The molecule has 1 aromatic carbocycles. The zero-order chi connectivity index (χ0) is 20.0. The van der Waals surface area contributed by atoms with Gasteiger partial charge in [0.1, 0.15) is 0 Å². The maximum Gasteiger partial charge on any atom is 0.435 e. The van der Waals surface area contributed by atoms with Gasteiger partial charge in [0.25, 0.3) is 0 Å². The molecule has 9 heteroatoms. The molecule has 0 atom stereocenters. The number of halogens is 3. The molecule has 0 unspecified atom stereocenters. The molecule has 4 heterocycles. The first kappa shape index (κ1) is 18.1. The monoisotopic (exact) mass is 400 g/mol. The molecule has 29 heavy (non-hydrogen) atoms. The van der Waals surface area contributed by atoms with E-state index in [-0.39, 0.29) is 11.3 Å². The van der Waals surface area contributed by atoms with Crippen LogP contribution in [0.15, 0.2) is 30.6 Å². The number of nitrogens with zero attached hydrogens (tertiary/aromatic N) is 4. The minimum absolute atomic E-state index is 0.0356. The molecule has 0 aliphatic carbocycles. The molecule has 6 nitrogen and oxygen atoms in total. The topological polar surface area (TPSA) is 73.5 Å². The number of alkyl halides is 3. The average Bonchev–Trinajstić information content (AvgIpc) is 3.37. The Balaban J connectivity index is 1.71. The zero-order valence-electron chi connectivity index (χ0n) is 15.6. The Kier molecular flexibility index (Phi) is 4.27. The normalized spacial score (nSPS) is 16.1. The molecule has 0 saturated carbocycles.